The molecule has 5 rings (SSSR count). The number of methoxy groups -OCH3 is 1. The zero-order chi connectivity index (χ0) is 20.7. The number of ether oxygens (including phenoxy) is 2. The molecule has 3 fully saturated rings. The summed E-state index contributed by atoms with van der Waals surface area (Å²) in [5, 5.41) is 0. The molecule has 0 radical (unpaired) electrons. The highest BCUT2D eigenvalue weighted by Gasteiger charge is 2.59. The van der Waals surface area contributed by atoms with Crippen molar-refractivity contribution >= 4 is 5.91 Å². The lowest BCUT2D eigenvalue weighted by Gasteiger charge is -2.42. The third kappa shape index (κ3) is 3.12. The quantitative estimate of drug-likeness (QED) is 0.771. The predicted octanol–water partition coefficient (Wildman–Crippen LogP) is 3.96. The van der Waals surface area contributed by atoms with Crippen molar-refractivity contribution in [1.82, 2.24) is 9.80 Å². The molecule has 5 heteroatoms. The van der Waals surface area contributed by atoms with E-state index in [1.54, 1.807) is 7.11 Å². The molecule has 1 amide bonds. The number of benzene rings is 2. The Bertz CT molecular complexity index is 910. The average Bonchev–Trinajstić information content (AvgIpc) is 3.28. The molecule has 30 heavy (non-hydrogen) atoms. The van der Waals surface area contributed by atoms with E-state index in [0.29, 0.717) is 18.9 Å². The van der Waals surface area contributed by atoms with Gasteiger partial charge in [0.05, 0.1) is 25.8 Å². The van der Waals surface area contributed by atoms with E-state index >= 15 is 0 Å². The van der Waals surface area contributed by atoms with Crippen LogP contribution in [0.15, 0.2) is 54.6 Å². The van der Waals surface area contributed by atoms with Gasteiger partial charge in [-0.1, -0.05) is 48.5 Å². The molecule has 2 aromatic rings. The van der Waals surface area contributed by atoms with E-state index in [9.17, 15) is 4.79 Å². The first-order chi connectivity index (χ1) is 14.6. The molecule has 0 aliphatic carbocycles. The second kappa shape index (κ2) is 7.71. The smallest absolute Gasteiger partial charge is 0.227 e. The Labute approximate surface area is 178 Å². The summed E-state index contributed by atoms with van der Waals surface area (Å²) >= 11 is 0. The fourth-order valence-corrected chi connectivity index (χ4v) is 5.75. The van der Waals surface area contributed by atoms with E-state index in [4.69, 9.17) is 9.47 Å². The van der Waals surface area contributed by atoms with Crippen molar-refractivity contribution in [2.45, 2.75) is 49.9 Å². The van der Waals surface area contributed by atoms with Crippen molar-refractivity contribution in [2.24, 2.45) is 0 Å². The number of carbonyl (C=O) groups excluding carboxylic acids is 1. The van der Waals surface area contributed by atoms with E-state index in [0.717, 1.165) is 37.2 Å². The summed E-state index contributed by atoms with van der Waals surface area (Å²) in [4.78, 5) is 17.6. The van der Waals surface area contributed by atoms with E-state index in [2.05, 4.69) is 36.1 Å². The topological polar surface area (TPSA) is 42.0 Å². The fraction of sp³-hybridized carbons (Fsp3) is 0.480. The molecule has 158 valence electrons. The Morgan fingerprint density at radius 2 is 1.73 bits per heavy atom. The summed E-state index contributed by atoms with van der Waals surface area (Å²) in [7, 11) is 1.74. The molecule has 2 aromatic carbocycles. The Morgan fingerprint density at radius 1 is 1.03 bits per heavy atom. The number of likely N-dealkylation sites (tertiary alicyclic amines) is 1. The molecule has 0 unspecified atom stereocenters. The van der Waals surface area contributed by atoms with Crippen LogP contribution in [0.1, 0.15) is 49.3 Å². The first kappa shape index (κ1) is 19.6. The zero-order valence-corrected chi connectivity index (χ0v) is 17.8. The van der Waals surface area contributed by atoms with E-state index in [1.807, 2.05) is 35.2 Å². The van der Waals surface area contributed by atoms with Gasteiger partial charge in [0.2, 0.25) is 5.91 Å². The summed E-state index contributed by atoms with van der Waals surface area (Å²) < 4.78 is 11.9. The third-order valence-corrected chi connectivity index (χ3v) is 7.31. The average molecular weight is 407 g/mol. The van der Waals surface area contributed by atoms with Gasteiger partial charge in [-0.15, -0.1) is 0 Å². The Morgan fingerprint density at radius 3 is 2.47 bits per heavy atom. The molecule has 3 aliphatic heterocycles. The summed E-state index contributed by atoms with van der Waals surface area (Å²) in [6.45, 7) is 4.63. The Hall–Kier alpha value is -2.37. The second-order valence-corrected chi connectivity index (χ2v) is 8.83. The van der Waals surface area contributed by atoms with Gasteiger partial charge in [0.15, 0.2) is 5.72 Å². The molecule has 3 saturated heterocycles. The first-order valence-electron chi connectivity index (χ1n) is 11.0. The van der Waals surface area contributed by atoms with Gasteiger partial charge >= 0.3 is 0 Å². The summed E-state index contributed by atoms with van der Waals surface area (Å²) in [6, 6.07) is 18.7. The number of carbonyl (C=O) groups is 1. The van der Waals surface area contributed by atoms with Gasteiger partial charge in [-0.3, -0.25) is 9.69 Å². The van der Waals surface area contributed by atoms with Crippen LogP contribution in [-0.2, 0) is 9.53 Å². The zero-order valence-electron chi connectivity index (χ0n) is 17.8. The van der Waals surface area contributed by atoms with Crippen molar-refractivity contribution in [3.05, 3.63) is 65.7 Å². The van der Waals surface area contributed by atoms with Crippen molar-refractivity contribution in [2.75, 3.05) is 26.8 Å². The highest BCUT2D eigenvalue weighted by atomic mass is 16.5. The Balaban J connectivity index is 1.31. The molecule has 0 saturated carbocycles. The van der Waals surface area contributed by atoms with Crippen molar-refractivity contribution in [3.8, 4) is 5.75 Å². The van der Waals surface area contributed by atoms with E-state index in [-0.39, 0.29) is 18.0 Å². The minimum Gasteiger partial charge on any atom is -0.496 e. The maximum absolute atomic E-state index is 13.1. The van der Waals surface area contributed by atoms with Crippen LogP contribution in [0.5, 0.6) is 5.75 Å². The predicted molar refractivity (Wildman–Crippen MR) is 115 cm³/mol. The highest BCUT2D eigenvalue weighted by molar-refractivity contribution is 5.81. The van der Waals surface area contributed by atoms with Crippen molar-refractivity contribution in [3.63, 3.8) is 0 Å². The molecular formula is C25H30N2O3. The Kier molecular flexibility index (Phi) is 5.03. The van der Waals surface area contributed by atoms with E-state index < -0.39 is 5.72 Å². The van der Waals surface area contributed by atoms with Gasteiger partial charge < -0.3 is 14.4 Å². The van der Waals surface area contributed by atoms with Gasteiger partial charge in [0.1, 0.15) is 5.75 Å². The van der Waals surface area contributed by atoms with Crippen LogP contribution in [-0.4, -0.2) is 54.3 Å². The monoisotopic (exact) mass is 406 g/mol. The molecule has 3 aliphatic rings. The van der Waals surface area contributed by atoms with Crippen molar-refractivity contribution < 1.29 is 14.3 Å². The molecule has 0 aromatic heterocycles. The first-order valence-corrected chi connectivity index (χ1v) is 11.0. The third-order valence-electron chi connectivity index (χ3n) is 7.31. The molecule has 0 bridgehead atoms. The van der Waals surface area contributed by atoms with Crippen molar-refractivity contribution in [1.29, 1.82) is 0 Å². The number of hydrogen-bond donors (Lipinski definition) is 0. The second-order valence-electron chi connectivity index (χ2n) is 8.83. The molecular weight excluding hydrogens is 376 g/mol. The minimum absolute atomic E-state index is 0.0137. The van der Waals surface area contributed by atoms with Crippen LogP contribution in [0, 0.1) is 0 Å². The maximum Gasteiger partial charge on any atom is 0.227 e. The van der Waals surface area contributed by atoms with Crippen LogP contribution in [0.3, 0.4) is 0 Å². The van der Waals surface area contributed by atoms with Gasteiger partial charge in [0.25, 0.3) is 0 Å². The lowest BCUT2D eigenvalue weighted by atomic mass is 9.87. The normalized spacial score (nSPS) is 29.9. The van der Waals surface area contributed by atoms with Crippen LogP contribution < -0.4 is 4.74 Å². The number of hydrogen-bond acceptors (Lipinski definition) is 4. The van der Waals surface area contributed by atoms with E-state index in [1.165, 1.54) is 5.56 Å². The number of fused-ring (bicyclic) bond motifs is 1. The number of piperidine rings is 1. The number of rotatable bonds is 4. The molecule has 0 N–H and O–H groups in total. The minimum atomic E-state index is -0.547. The maximum atomic E-state index is 13.1. The van der Waals surface area contributed by atoms with Crippen LogP contribution in [0.4, 0.5) is 0 Å². The summed E-state index contributed by atoms with van der Waals surface area (Å²) in [5.41, 5.74) is 1.91. The standard InChI is InChI=1S/C25H30N2O3/c1-25-23(16-24(28)27(25)21(17-30-25)19-8-4-3-5-9-19)26-14-12-18(13-15-26)20-10-6-7-11-22(20)29-2/h3-11,18,21,23H,12-17H2,1-2H3/t21-,23-,25-/m1/s1. The van der Waals surface area contributed by atoms with Gasteiger partial charge in [-0.2, -0.15) is 0 Å². The van der Waals surface area contributed by atoms with Gasteiger partial charge in [0, 0.05) is 6.42 Å². The number of amides is 1. The molecule has 5 nitrogen and oxygen atoms in total. The lowest BCUT2D eigenvalue weighted by Crippen LogP contribution is -2.54. The SMILES string of the molecule is COc1ccccc1C1CCN([C@@H]2CC(=O)N3[C@@H](c4ccccc4)CO[C@]23C)CC1. The largest absolute Gasteiger partial charge is 0.496 e. The summed E-state index contributed by atoms with van der Waals surface area (Å²) in [6.07, 6.45) is 2.69. The highest BCUT2D eigenvalue weighted by Crippen LogP contribution is 2.47. The van der Waals surface area contributed by atoms with Gasteiger partial charge in [-0.05, 0) is 56.0 Å². The van der Waals surface area contributed by atoms with Crippen LogP contribution >= 0.6 is 0 Å². The number of para-hydroxylation sites is 1. The van der Waals surface area contributed by atoms with Gasteiger partial charge in [-0.25, -0.2) is 0 Å². The molecule has 3 heterocycles. The van der Waals surface area contributed by atoms with Crippen LogP contribution in [0.25, 0.3) is 0 Å². The van der Waals surface area contributed by atoms with Crippen LogP contribution in [0.2, 0.25) is 0 Å². The molecule has 3 atom stereocenters. The lowest BCUT2D eigenvalue weighted by molar-refractivity contribution is -0.140. The molecule has 0 spiro atoms. The summed E-state index contributed by atoms with van der Waals surface area (Å²) in [5.74, 6) is 1.69. The fourth-order valence-electron chi connectivity index (χ4n) is 5.75. The number of nitrogens with zero attached hydrogens (tertiary/aromatic N) is 2.